The Morgan fingerprint density at radius 1 is 1.36 bits per heavy atom. The van der Waals surface area contributed by atoms with E-state index in [1.807, 2.05) is 0 Å². The number of hydrogen-bond acceptors (Lipinski definition) is 7. The summed E-state index contributed by atoms with van der Waals surface area (Å²) in [6.07, 6.45) is 9.45. The molecule has 4 unspecified atom stereocenters. The average Bonchev–Trinajstić information content (AvgIpc) is 2.80. The number of rotatable bonds is 12. The normalized spacial score (nSPS) is 25.8. The molecule has 6 atom stereocenters. The molecule has 0 saturated carbocycles. The van der Waals surface area contributed by atoms with Crippen LogP contribution >= 0.6 is 0 Å². The Balaban J connectivity index is 2.16. The summed E-state index contributed by atoms with van der Waals surface area (Å²) in [5.74, 6) is -2.81. The molecule has 0 spiro atoms. The summed E-state index contributed by atoms with van der Waals surface area (Å²) < 4.78 is 42.2. The second-order valence-corrected chi connectivity index (χ2v) is 7.67. The summed E-state index contributed by atoms with van der Waals surface area (Å²) in [7, 11) is 0. The van der Waals surface area contributed by atoms with Crippen molar-refractivity contribution < 1.29 is 23.4 Å². The highest BCUT2D eigenvalue weighted by atomic mass is 19.1. The molecule has 0 bridgehead atoms. The largest absolute Gasteiger partial charge is 0.398 e. The summed E-state index contributed by atoms with van der Waals surface area (Å²) in [5.41, 5.74) is 6.49. The first kappa shape index (κ1) is 26.3. The first-order chi connectivity index (χ1) is 15.8. The first-order valence-electron chi connectivity index (χ1n) is 10.5. The minimum Gasteiger partial charge on any atom is -0.398 e. The van der Waals surface area contributed by atoms with Gasteiger partial charge < -0.3 is 32.1 Å². The van der Waals surface area contributed by atoms with Gasteiger partial charge in [-0.1, -0.05) is 24.3 Å². The summed E-state index contributed by atoms with van der Waals surface area (Å²) in [6.45, 7) is -0.821. The maximum atomic E-state index is 14.7. The van der Waals surface area contributed by atoms with E-state index in [1.54, 1.807) is 6.08 Å². The standard InChI is InChI=1S/C23H30F3N5O2/c24-15-7-5-14(6-8-15)19(28)11-20(29)22-16(3-1-4-17(22)25)23(33)31-21(18(26)13-32)12-30-10-2-9-27/h1-7,9-11,15-16,18,21-23,27,29-33H,8,12-13,28H2/b10-2-,19-11-,27-9?,29-20?/t15?,16?,18-,21+,22?,23?/m1/s1. The predicted octanol–water partition coefficient (Wildman–Crippen LogP) is 2.09. The van der Waals surface area contributed by atoms with Crippen LogP contribution in [-0.4, -0.2) is 59.9 Å². The topological polar surface area (TPSA) is 138 Å². The van der Waals surface area contributed by atoms with Crippen LogP contribution in [0.3, 0.4) is 0 Å². The van der Waals surface area contributed by atoms with Crippen molar-refractivity contribution in [1.82, 2.24) is 10.6 Å². The monoisotopic (exact) mass is 465 g/mol. The lowest BCUT2D eigenvalue weighted by molar-refractivity contribution is 0.0439. The quantitative estimate of drug-likeness (QED) is 0.175. The Morgan fingerprint density at radius 2 is 2.12 bits per heavy atom. The number of halogens is 3. The van der Waals surface area contributed by atoms with Gasteiger partial charge >= 0.3 is 0 Å². The Hall–Kier alpha value is -2.95. The van der Waals surface area contributed by atoms with Crippen molar-refractivity contribution in [2.45, 2.75) is 31.0 Å². The number of hydrogen-bond donors (Lipinski definition) is 7. The van der Waals surface area contributed by atoms with Crippen molar-refractivity contribution in [3.63, 3.8) is 0 Å². The van der Waals surface area contributed by atoms with Crippen LogP contribution in [-0.2, 0) is 0 Å². The minimum absolute atomic E-state index is 0.0249. The molecule has 10 heteroatoms. The lowest BCUT2D eigenvalue weighted by Crippen LogP contribution is -2.53. The Labute approximate surface area is 191 Å². The van der Waals surface area contributed by atoms with E-state index in [1.165, 1.54) is 48.7 Å². The molecule has 180 valence electrons. The van der Waals surface area contributed by atoms with Gasteiger partial charge in [0.15, 0.2) is 0 Å². The van der Waals surface area contributed by atoms with Crippen LogP contribution in [0.15, 0.2) is 71.9 Å². The van der Waals surface area contributed by atoms with Gasteiger partial charge in [0, 0.05) is 36.5 Å². The lowest BCUT2D eigenvalue weighted by Gasteiger charge is -2.33. The van der Waals surface area contributed by atoms with Crippen LogP contribution in [0.2, 0.25) is 0 Å². The third kappa shape index (κ3) is 7.55. The molecule has 7 nitrogen and oxygen atoms in total. The van der Waals surface area contributed by atoms with Crippen LogP contribution in [0.5, 0.6) is 0 Å². The van der Waals surface area contributed by atoms with E-state index in [0.717, 1.165) is 6.21 Å². The fourth-order valence-electron chi connectivity index (χ4n) is 3.53. The Kier molecular flexibility index (Phi) is 10.3. The zero-order valence-electron chi connectivity index (χ0n) is 18.0. The number of aliphatic hydroxyl groups is 2. The first-order valence-corrected chi connectivity index (χ1v) is 10.5. The summed E-state index contributed by atoms with van der Waals surface area (Å²) >= 11 is 0. The summed E-state index contributed by atoms with van der Waals surface area (Å²) in [6, 6.07) is -1.04. The molecule has 0 heterocycles. The second-order valence-electron chi connectivity index (χ2n) is 7.67. The van der Waals surface area contributed by atoms with Crippen LogP contribution in [0.25, 0.3) is 0 Å². The van der Waals surface area contributed by atoms with E-state index in [0.29, 0.717) is 5.57 Å². The lowest BCUT2D eigenvalue weighted by atomic mass is 9.81. The molecule has 0 amide bonds. The maximum Gasteiger partial charge on any atom is 0.140 e. The van der Waals surface area contributed by atoms with Gasteiger partial charge in [-0.2, -0.15) is 0 Å². The van der Waals surface area contributed by atoms with Crippen LogP contribution in [0.1, 0.15) is 6.42 Å². The van der Waals surface area contributed by atoms with E-state index in [2.05, 4.69) is 10.6 Å². The van der Waals surface area contributed by atoms with E-state index >= 15 is 0 Å². The molecule has 2 rings (SSSR count). The fraction of sp³-hybridized carbons (Fsp3) is 0.391. The molecule has 0 aliphatic heterocycles. The van der Waals surface area contributed by atoms with Crippen molar-refractivity contribution in [3.05, 3.63) is 71.9 Å². The van der Waals surface area contributed by atoms with Gasteiger partial charge in [-0.05, 0) is 36.1 Å². The number of nitrogens with one attached hydrogen (secondary N) is 4. The fourth-order valence-corrected chi connectivity index (χ4v) is 3.53. The third-order valence-corrected chi connectivity index (χ3v) is 5.31. The van der Waals surface area contributed by atoms with Gasteiger partial charge in [0.1, 0.15) is 24.4 Å². The summed E-state index contributed by atoms with van der Waals surface area (Å²) in [5, 5.41) is 40.7. The van der Waals surface area contributed by atoms with Gasteiger partial charge in [0.2, 0.25) is 0 Å². The molecule has 0 aromatic carbocycles. The van der Waals surface area contributed by atoms with Crippen molar-refractivity contribution in [2.75, 3.05) is 13.2 Å². The molecule has 0 aromatic rings. The van der Waals surface area contributed by atoms with Crippen molar-refractivity contribution in [1.29, 1.82) is 10.8 Å². The highest BCUT2D eigenvalue weighted by molar-refractivity contribution is 5.97. The molecule has 2 aliphatic rings. The highest BCUT2D eigenvalue weighted by Crippen LogP contribution is 2.31. The van der Waals surface area contributed by atoms with Gasteiger partial charge in [0.05, 0.1) is 18.6 Å². The number of nitrogens with two attached hydrogens (primary N) is 1. The molecule has 0 radical (unpaired) electrons. The van der Waals surface area contributed by atoms with Gasteiger partial charge in [-0.3, -0.25) is 5.32 Å². The molecule has 0 aromatic heterocycles. The SMILES string of the molecule is N=C/C=C\NC[C@H](NC(O)C1C=CC=C(F)C1C(=N)/C=C(\N)C1=CCC(F)C=C1)[C@H](F)CO. The minimum atomic E-state index is -1.73. The zero-order valence-corrected chi connectivity index (χ0v) is 18.0. The number of aliphatic hydroxyl groups excluding tert-OH is 2. The molecule has 0 saturated heterocycles. The van der Waals surface area contributed by atoms with Crippen molar-refractivity contribution >= 4 is 11.9 Å². The van der Waals surface area contributed by atoms with Gasteiger partial charge in [0.25, 0.3) is 0 Å². The zero-order chi connectivity index (χ0) is 24.4. The second kappa shape index (κ2) is 12.9. The smallest absolute Gasteiger partial charge is 0.140 e. The number of alkyl halides is 2. The third-order valence-electron chi connectivity index (χ3n) is 5.31. The van der Waals surface area contributed by atoms with Crippen LogP contribution in [0, 0.1) is 22.7 Å². The van der Waals surface area contributed by atoms with Gasteiger partial charge in [-0.25, -0.2) is 13.2 Å². The molecule has 0 fully saturated rings. The van der Waals surface area contributed by atoms with E-state index in [4.69, 9.17) is 16.6 Å². The highest BCUT2D eigenvalue weighted by Gasteiger charge is 2.36. The predicted molar refractivity (Wildman–Crippen MR) is 123 cm³/mol. The average molecular weight is 466 g/mol. The van der Waals surface area contributed by atoms with E-state index < -0.39 is 48.9 Å². The van der Waals surface area contributed by atoms with Crippen molar-refractivity contribution in [3.8, 4) is 0 Å². The molecular formula is C23H30F3N5O2. The van der Waals surface area contributed by atoms with Crippen LogP contribution < -0.4 is 16.4 Å². The van der Waals surface area contributed by atoms with Crippen molar-refractivity contribution in [2.24, 2.45) is 17.6 Å². The van der Waals surface area contributed by atoms with E-state index in [9.17, 15) is 23.4 Å². The summed E-state index contributed by atoms with van der Waals surface area (Å²) in [4.78, 5) is 0. The Morgan fingerprint density at radius 3 is 2.76 bits per heavy atom. The Bertz CT molecular complexity index is 881. The molecular weight excluding hydrogens is 435 g/mol. The molecule has 8 N–H and O–H groups in total. The number of allylic oxidation sites excluding steroid dienone is 8. The van der Waals surface area contributed by atoms with Gasteiger partial charge in [-0.15, -0.1) is 0 Å². The van der Waals surface area contributed by atoms with Crippen LogP contribution in [0.4, 0.5) is 13.2 Å². The maximum absolute atomic E-state index is 14.7. The molecule has 2 aliphatic carbocycles. The van der Waals surface area contributed by atoms with E-state index in [-0.39, 0.29) is 24.4 Å². The molecule has 33 heavy (non-hydrogen) atoms.